The molecular formula is C6H8INO4. The number of carboxylic acid groups (broad SMARTS) is 1. The van der Waals surface area contributed by atoms with Crippen molar-refractivity contribution < 1.29 is 19.5 Å². The molecule has 68 valence electrons. The van der Waals surface area contributed by atoms with E-state index in [0.717, 1.165) is 0 Å². The number of carboxylic acids is 1. The smallest absolute Gasteiger partial charge is 0.303 e. The summed E-state index contributed by atoms with van der Waals surface area (Å²) >= 11 is 1.32. The number of rotatable bonds is 5. The van der Waals surface area contributed by atoms with Crippen LogP contribution in [0.2, 0.25) is 0 Å². The van der Waals surface area contributed by atoms with Crippen molar-refractivity contribution in [1.29, 1.82) is 0 Å². The Hall–Kier alpha value is -0.500. The molecule has 0 saturated heterocycles. The third-order valence-corrected chi connectivity index (χ3v) is 1.73. The monoisotopic (exact) mass is 285 g/mol. The molecular weight excluding hydrogens is 277 g/mol. The first-order valence-corrected chi connectivity index (χ1v) is 4.24. The fraction of sp³-hybridized carbons (Fsp3) is 0.500. The van der Waals surface area contributed by atoms with Crippen molar-refractivity contribution in [2.24, 2.45) is 5.73 Å². The van der Waals surface area contributed by atoms with Crippen molar-refractivity contribution in [1.82, 2.24) is 0 Å². The molecule has 0 radical (unpaired) electrons. The van der Waals surface area contributed by atoms with Gasteiger partial charge in [-0.1, -0.05) is 0 Å². The second-order valence-corrected chi connectivity index (χ2v) is 3.16. The van der Waals surface area contributed by atoms with Crippen LogP contribution in [0.3, 0.4) is 0 Å². The summed E-state index contributed by atoms with van der Waals surface area (Å²) in [5, 5.41) is 8.23. The SMILES string of the molecule is N[C@@H](CCC(=O)O)C(=O)C(=O)I. The van der Waals surface area contributed by atoms with E-state index in [-0.39, 0.29) is 12.8 Å². The van der Waals surface area contributed by atoms with E-state index in [0.29, 0.717) is 0 Å². The van der Waals surface area contributed by atoms with Gasteiger partial charge in [-0.2, -0.15) is 0 Å². The predicted molar refractivity (Wildman–Crippen MR) is 48.9 cm³/mol. The molecule has 1 atom stereocenters. The van der Waals surface area contributed by atoms with Gasteiger partial charge in [-0.15, -0.1) is 0 Å². The quantitative estimate of drug-likeness (QED) is 0.411. The van der Waals surface area contributed by atoms with Gasteiger partial charge in [-0.05, 0) is 6.42 Å². The fourth-order valence-electron chi connectivity index (χ4n) is 0.556. The number of ketones is 1. The molecule has 5 nitrogen and oxygen atoms in total. The van der Waals surface area contributed by atoms with Crippen molar-refractivity contribution in [3.8, 4) is 0 Å². The number of Topliss-reactive ketones (excluding diaryl/α,β-unsaturated/α-hetero) is 1. The lowest BCUT2D eigenvalue weighted by Crippen LogP contribution is -2.34. The second kappa shape index (κ2) is 5.20. The molecule has 0 amide bonds. The molecule has 0 saturated carbocycles. The maximum absolute atomic E-state index is 10.8. The largest absolute Gasteiger partial charge is 0.481 e. The summed E-state index contributed by atoms with van der Waals surface area (Å²) in [6.07, 6.45) is -0.195. The standard InChI is InChI=1S/C6H8INO4/c7-6(12)5(11)3(8)1-2-4(9)10/h3H,1-2,8H2,(H,9,10)/t3-/m0/s1. The summed E-state index contributed by atoms with van der Waals surface area (Å²) in [6, 6.07) is -0.981. The topological polar surface area (TPSA) is 97.5 Å². The third-order valence-electron chi connectivity index (χ3n) is 1.20. The van der Waals surface area contributed by atoms with E-state index in [1.165, 1.54) is 22.6 Å². The van der Waals surface area contributed by atoms with Gasteiger partial charge < -0.3 is 10.8 Å². The maximum atomic E-state index is 10.8. The van der Waals surface area contributed by atoms with Crippen molar-refractivity contribution in [3.63, 3.8) is 0 Å². The molecule has 0 fully saturated rings. The van der Waals surface area contributed by atoms with Gasteiger partial charge in [0.25, 0.3) is 3.79 Å². The Kier molecular flexibility index (Phi) is 4.98. The van der Waals surface area contributed by atoms with Crippen molar-refractivity contribution in [3.05, 3.63) is 0 Å². The van der Waals surface area contributed by atoms with Crippen molar-refractivity contribution in [2.75, 3.05) is 0 Å². The Morgan fingerprint density at radius 1 is 1.42 bits per heavy atom. The Bertz CT molecular complexity index is 216. The minimum atomic E-state index is -1.03. The Balaban J connectivity index is 3.87. The molecule has 0 aromatic carbocycles. The van der Waals surface area contributed by atoms with E-state index < -0.39 is 21.6 Å². The van der Waals surface area contributed by atoms with Gasteiger partial charge in [0.15, 0.2) is 0 Å². The number of hydrogen-bond acceptors (Lipinski definition) is 4. The number of nitrogens with two attached hydrogens (primary N) is 1. The van der Waals surface area contributed by atoms with Crippen LogP contribution < -0.4 is 5.73 Å². The zero-order valence-corrected chi connectivity index (χ0v) is 8.28. The van der Waals surface area contributed by atoms with Crippen molar-refractivity contribution >= 4 is 38.1 Å². The van der Waals surface area contributed by atoms with E-state index in [2.05, 4.69) is 0 Å². The molecule has 3 N–H and O–H groups in total. The van der Waals surface area contributed by atoms with Gasteiger partial charge in [0.2, 0.25) is 5.78 Å². The van der Waals surface area contributed by atoms with Crippen LogP contribution in [0.4, 0.5) is 0 Å². The van der Waals surface area contributed by atoms with Gasteiger partial charge in [0, 0.05) is 29.0 Å². The van der Waals surface area contributed by atoms with Gasteiger partial charge >= 0.3 is 5.97 Å². The van der Waals surface area contributed by atoms with E-state index in [4.69, 9.17) is 10.8 Å². The van der Waals surface area contributed by atoms with Gasteiger partial charge in [0.05, 0.1) is 6.04 Å². The molecule has 0 aromatic heterocycles. The first-order chi connectivity index (χ1) is 5.45. The van der Waals surface area contributed by atoms with E-state index in [1.807, 2.05) is 0 Å². The van der Waals surface area contributed by atoms with Crippen LogP contribution in [0.15, 0.2) is 0 Å². The summed E-state index contributed by atoms with van der Waals surface area (Å²) in [4.78, 5) is 31.3. The summed E-state index contributed by atoms with van der Waals surface area (Å²) in [5.74, 6) is -1.75. The molecule has 0 rings (SSSR count). The predicted octanol–water partition coefficient (Wildman–Crippen LogP) is -0.291. The van der Waals surface area contributed by atoms with Crippen molar-refractivity contribution in [2.45, 2.75) is 18.9 Å². The third kappa shape index (κ3) is 4.39. The minimum Gasteiger partial charge on any atom is -0.481 e. The van der Waals surface area contributed by atoms with Gasteiger partial charge in [-0.25, -0.2) is 0 Å². The fourth-order valence-corrected chi connectivity index (χ4v) is 0.956. The summed E-state index contributed by atoms with van der Waals surface area (Å²) in [5.41, 5.74) is 5.23. The van der Waals surface area contributed by atoms with Crippen LogP contribution in [0.5, 0.6) is 0 Å². The highest BCUT2D eigenvalue weighted by Gasteiger charge is 2.19. The highest BCUT2D eigenvalue weighted by Crippen LogP contribution is 1.99. The van der Waals surface area contributed by atoms with E-state index in [1.54, 1.807) is 0 Å². The summed E-state index contributed by atoms with van der Waals surface area (Å²) in [7, 11) is 0. The molecule has 0 bridgehead atoms. The number of aliphatic carboxylic acids is 1. The molecule has 0 aromatic rings. The average Bonchev–Trinajstić information content (AvgIpc) is 1.98. The Morgan fingerprint density at radius 2 is 1.92 bits per heavy atom. The van der Waals surface area contributed by atoms with Gasteiger partial charge in [-0.3, -0.25) is 14.4 Å². The molecule has 0 spiro atoms. The first kappa shape index (κ1) is 11.5. The second-order valence-electron chi connectivity index (χ2n) is 2.18. The van der Waals surface area contributed by atoms with Crippen LogP contribution in [0, 0.1) is 0 Å². The molecule has 0 aliphatic rings. The first-order valence-electron chi connectivity index (χ1n) is 3.16. The minimum absolute atomic E-state index is 0.00289. The van der Waals surface area contributed by atoms with Crippen LogP contribution in [-0.2, 0) is 14.4 Å². The van der Waals surface area contributed by atoms with E-state index >= 15 is 0 Å². The zero-order chi connectivity index (χ0) is 9.72. The lowest BCUT2D eigenvalue weighted by atomic mass is 10.1. The summed E-state index contributed by atoms with van der Waals surface area (Å²) in [6.45, 7) is 0. The summed E-state index contributed by atoms with van der Waals surface area (Å²) < 4.78 is -0.662. The van der Waals surface area contributed by atoms with Crippen LogP contribution in [0.1, 0.15) is 12.8 Å². The highest BCUT2D eigenvalue weighted by atomic mass is 127. The molecule has 0 unspecified atom stereocenters. The lowest BCUT2D eigenvalue weighted by Gasteiger charge is -2.04. The number of hydrogen-bond donors (Lipinski definition) is 2. The van der Waals surface area contributed by atoms with Gasteiger partial charge in [0.1, 0.15) is 0 Å². The zero-order valence-electron chi connectivity index (χ0n) is 6.12. The number of halogens is 1. The van der Waals surface area contributed by atoms with E-state index in [9.17, 15) is 14.4 Å². The molecule has 12 heavy (non-hydrogen) atoms. The lowest BCUT2D eigenvalue weighted by molar-refractivity contribution is -0.137. The molecule has 0 heterocycles. The van der Waals surface area contributed by atoms with Crippen LogP contribution in [0.25, 0.3) is 0 Å². The maximum Gasteiger partial charge on any atom is 0.303 e. The number of carbonyl (C=O) groups is 3. The van der Waals surface area contributed by atoms with Crippen LogP contribution in [-0.4, -0.2) is 26.7 Å². The normalized spacial score (nSPS) is 12.2. The molecule has 0 aliphatic carbocycles. The average molecular weight is 285 g/mol. The Labute approximate surface area is 82.4 Å². The van der Waals surface area contributed by atoms with Crippen LogP contribution >= 0.6 is 22.6 Å². The number of carbonyl (C=O) groups excluding carboxylic acids is 2. The molecule has 6 heteroatoms. The highest BCUT2D eigenvalue weighted by molar-refractivity contribution is 14.1. The molecule has 0 aliphatic heterocycles. The Morgan fingerprint density at radius 3 is 2.25 bits per heavy atom.